The van der Waals surface area contributed by atoms with Crippen LogP contribution in [0.1, 0.15) is 31.3 Å². The fourth-order valence-electron chi connectivity index (χ4n) is 2.05. The number of nitrogens with one attached hydrogen (secondary N) is 1. The van der Waals surface area contributed by atoms with Crippen LogP contribution in [0.5, 0.6) is 0 Å². The Bertz CT molecular complexity index is 497. The number of aromatic amines is 1. The van der Waals surface area contributed by atoms with Gasteiger partial charge in [0.25, 0.3) is 11.5 Å². The first-order valence-electron chi connectivity index (χ1n) is 5.79. The van der Waals surface area contributed by atoms with Crippen LogP contribution in [0.3, 0.4) is 0 Å². The van der Waals surface area contributed by atoms with Crippen LogP contribution in [0.4, 0.5) is 0 Å². The molecule has 0 radical (unpaired) electrons. The molecule has 0 aliphatic carbocycles. The first-order valence-corrected chi connectivity index (χ1v) is 5.79. The first-order chi connectivity index (χ1) is 8.23. The fourth-order valence-corrected chi connectivity index (χ4v) is 2.05. The van der Waals surface area contributed by atoms with E-state index >= 15 is 0 Å². The molecule has 6 heteroatoms. The molecule has 0 saturated carbocycles. The molecule has 2 rings (SSSR count). The molecule has 1 atom stereocenters. The smallest absolute Gasteiger partial charge is 0.274 e. The molecular weight excluding hydrogens is 234 g/mol. The Kier molecular flexibility index (Phi) is 2.77. The molecule has 1 fully saturated rings. The summed E-state index contributed by atoms with van der Waals surface area (Å²) in [6, 6.07) is 0. The van der Waals surface area contributed by atoms with E-state index in [0.717, 1.165) is 6.20 Å². The Labute approximate surface area is 105 Å². The average Bonchev–Trinajstić information content (AvgIpc) is 2.48. The fraction of sp³-hybridized carbons (Fsp3) is 0.583. The second-order valence-corrected chi connectivity index (χ2v) is 5.62. The van der Waals surface area contributed by atoms with Gasteiger partial charge in [0.15, 0.2) is 0 Å². The van der Waals surface area contributed by atoms with E-state index in [2.05, 4.69) is 9.97 Å². The van der Waals surface area contributed by atoms with Gasteiger partial charge in [0.05, 0.1) is 18.3 Å². The maximum absolute atomic E-state index is 12.2. The van der Waals surface area contributed by atoms with Gasteiger partial charge in [-0.05, 0) is 6.92 Å². The van der Waals surface area contributed by atoms with E-state index in [0.29, 0.717) is 6.54 Å². The molecule has 98 valence electrons. The van der Waals surface area contributed by atoms with Crippen molar-refractivity contribution in [3.8, 4) is 0 Å². The average molecular weight is 251 g/mol. The summed E-state index contributed by atoms with van der Waals surface area (Å²) in [6.07, 6.45) is 2.37. The second kappa shape index (κ2) is 3.91. The van der Waals surface area contributed by atoms with Gasteiger partial charge in [-0.15, -0.1) is 0 Å². The highest BCUT2D eigenvalue weighted by Crippen LogP contribution is 2.38. The van der Waals surface area contributed by atoms with E-state index < -0.39 is 5.60 Å². The van der Waals surface area contributed by atoms with Crippen LogP contribution in [-0.4, -0.2) is 44.6 Å². The molecule has 1 amide bonds. The largest absolute Gasteiger partial charge is 0.388 e. The van der Waals surface area contributed by atoms with E-state index in [1.807, 2.05) is 13.8 Å². The van der Waals surface area contributed by atoms with Crippen molar-refractivity contribution in [3.05, 3.63) is 28.4 Å². The summed E-state index contributed by atoms with van der Waals surface area (Å²) in [5.41, 5.74) is -1.46. The number of carbonyl (C=O) groups excluding carboxylic acids is 1. The third-order valence-electron chi connectivity index (χ3n) is 3.72. The van der Waals surface area contributed by atoms with Crippen molar-refractivity contribution in [2.24, 2.45) is 5.41 Å². The Morgan fingerprint density at radius 2 is 2.11 bits per heavy atom. The van der Waals surface area contributed by atoms with Gasteiger partial charge in [-0.1, -0.05) is 13.8 Å². The van der Waals surface area contributed by atoms with Gasteiger partial charge in [0.2, 0.25) is 0 Å². The van der Waals surface area contributed by atoms with Crippen molar-refractivity contribution in [3.63, 3.8) is 0 Å². The summed E-state index contributed by atoms with van der Waals surface area (Å²) < 4.78 is 0. The SMILES string of the molecule is CC1(C)CN(C(=O)c2c[nH]c(=O)cn2)C[C@]1(C)O. The zero-order chi connectivity index (χ0) is 13.6. The third kappa shape index (κ3) is 2.03. The normalized spacial score (nSPS) is 26.3. The summed E-state index contributed by atoms with van der Waals surface area (Å²) in [4.78, 5) is 30.8. The van der Waals surface area contributed by atoms with E-state index in [-0.39, 0.29) is 29.1 Å². The van der Waals surface area contributed by atoms with Crippen LogP contribution in [0.25, 0.3) is 0 Å². The van der Waals surface area contributed by atoms with E-state index in [1.165, 1.54) is 6.20 Å². The van der Waals surface area contributed by atoms with Crippen molar-refractivity contribution in [2.45, 2.75) is 26.4 Å². The molecule has 18 heavy (non-hydrogen) atoms. The quantitative estimate of drug-likeness (QED) is 0.735. The number of H-pyrrole nitrogens is 1. The van der Waals surface area contributed by atoms with Crippen LogP contribution in [0.2, 0.25) is 0 Å². The molecule has 1 aliphatic heterocycles. The molecule has 1 saturated heterocycles. The molecule has 0 unspecified atom stereocenters. The van der Waals surface area contributed by atoms with Crippen LogP contribution in [0.15, 0.2) is 17.2 Å². The minimum atomic E-state index is -0.926. The van der Waals surface area contributed by atoms with Gasteiger partial charge >= 0.3 is 0 Å². The molecule has 0 spiro atoms. The zero-order valence-electron chi connectivity index (χ0n) is 10.7. The number of nitrogens with zero attached hydrogens (tertiary/aromatic N) is 2. The van der Waals surface area contributed by atoms with E-state index in [9.17, 15) is 14.7 Å². The topological polar surface area (TPSA) is 86.3 Å². The predicted octanol–water partition coefficient (Wildman–Crippen LogP) is 0.00290. The monoisotopic (exact) mass is 251 g/mol. The first kappa shape index (κ1) is 12.8. The third-order valence-corrected chi connectivity index (χ3v) is 3.72. The van der Waals surface area contributed by atoms with Gasteiger partial charge in [-0.2, -0.15) is 0 Å². The number of likely N-dealkylation sites (tertiary alicyclic amines) is 1. The second-order valence-electron chi connectivity index (χ2n) is 5.62. The molecule has 1 aliphatic rings. The maximum atomic E-state index is 12.2. The Morgan fingerprint density at radius 3 is 2.56 bits per heavy atom. The number of hydrogen-bond donors (Lipinski definition) is 2. The number of carbonyl (C=O) groups is 1. The Hall–Kier alpha value is -1.69. The Balaban J connectivity index is 2.22. The Morgan fingerprint density at radius 1 is 1.44 bits per heavy atom. The van der Waals surface area contributed by atoms with Gasteiger partial charge in [0.1, 0.15) is 5.69 Å². The van der Waals surface area contributed by atoms with Crippen LogP contribution in [-0.2, 0) is 0 Å². The molecule has 1 aromatic heterocycles. The van der Waals surface area contributed by atoms with Crippen LogP contribution >= 0.6 is 0 Å². The standard InChI is InChI=1S/C12H17N3O3/c1-11(2)6-15(7-12(11,3)18)10(17)8-4-14-9(16)5-13-8/h4-5,18H,6-7H2,1-3H3,(H,14,16)/t12-/m0/s1. The molecule has 6 nitrogen and oxygen atoms in total. The van der Waals surface area contributed by atoms with Crippen molar-refractivity contribution in [2.75, 3.05) is 13.1 Å². The number of aliphatic hydroxyl groups is 1. The zero-order valence-corrected chi connectivity index (χ0v) is 10.7. The minimum Gasteiger partial charge on any atom is -0.388 e. The molecular formula is C12H17N3O3. The molecule has 0 aromatic carbocycles. The minimum absolute atomic E-state index is 0.183. The molecule has 2 N–H and O–H groups in total. The predicted molar refractivity (Wildman–Crippen MR) is 65.2 cm³/mol. The number of rotatable bonds is 1. The lowest BCUT2D eigenvalue weighted by Gasteiger charge is -2.30. The lowest BCUT2D eigenvalue weighted by Crippen LogP contribution is -2.40. The van der Waals surface area contributed by atoms with Gasteiger partial charge in [-0.25, -0.2) is 4.98 Å². The van der Waals surface area contributed by atoms with Gasteiger partial charge < -0.3 is 15.0 Å². The summed E-state index contributed by atoms with van der Waals surface area (Å²) in [5, 5.41) is 10.3. The molecule has 1 aromatic rings. The summed E-state index contributed by atoms with van der Waals surface area (Å²) in [6.45, 7) is 6.28. The number of aromatic nitrogens is 2. The van der Waals surface area contributed by atoms with E-state index in [1.54, 1.807) is 11.8 Å². The highest BCUT2D eigenvalue weighted by atomic mass is 16.3. The molecule has 0 bridgehead atoms. The highest BCUT2D eigenvalue weighted by molar-refractivity contribution is 5.92. The van der Waals surface area contributed by atoms with Crippen molar-refractivity contribution in [1.29, 1.82) is 0 Å². The van der Waals surface area contributed by atoms with Gasteiger partial charge in [0, 0.05) is 18.2 Å². The van der Waals surface area contributed by atoms with Crippen molar-refractivity contribution < 1.29 is 9.90 Å². The summed E-state index contributed by atoms with van der Waals surface area (Å²) in [7, 11) is 0. The van der Waals surface area contributed by atoms with Crippen LogP contribution in [0, 0.1) is 5.41 Å². The van der Waals surface area contributed by atoms with E-state index in [4.69, 9.17) is 0 Å². The lowest BCUT2D eigenvalue weighted by molar-refractivity contribution is -0.0108. The summed E-state index contributed by atoms with van der Waals surface area (Å²) in [5.74, 6) is -0.280. The molecule has 2 heterocycles. The number of hydrogen-bond acceptors (Lipinski definition) is 4. The number of amides is 1. The van der Waals surface area contributed by atoms with Crippen LogP contribution < -0.4 is 5.56 Å². The highest BCUT2D eigenvalue weighted by Gasteiger charge is 2.49. The summed E-state index contributed by atoms with van der Waals surface area (Å²) >= 11 is 0. The van der Waals surface area contributed by atoms with Crippen molar-refractivity contribution >= 4 is 5.91 Å². The maximum Gasteiger partial charge on any atom is 0.274 e. The lowest BCUT2D eigenvalue weighted by atomic mass is 9.79. The van der Waals surface area contributed by atoms with Crippen molar-refractivity contribution in [1.82, 2.24) is 14.9 Å². The number of β-amino-alcohol motifs (C(OH)–C–C–N with tert-alkyl or cyclic N) is 1. The van der Waals surface area contributed by atoms with Gasteiger partial charge in [-0.3, -0.25) is 9.59 Å².